The lowest BCUT2D eigenvalue weighted by molar-refractivity contribution is 0.0581. The first-order valence-electron chi connectivity index (χ1n) is 22.5. The number of benzene rings is 6. The molecular formula is C52H46N3O20P3. The van der Waals surface area contributed by atoms with Crippen LogP contribution < -0.4 is 28.7 Å². The normalized spacial score (nSPS) is 13.4. The van der Waals surface area contributed by atoms with Gasteiger partial charge in [-0.05, 0) is 72.8 Å². The molecule has 7 rings (SSSR count). The number of esters is 8. The molecule has 1 aliphatic rings. The first-order valence-corrected chi connectivity index (χ1v) is 27.2. The van der Waals surface area contributed by atoms with E-state index in [1.165, 1.54) is 72.8 Å². The number of ether oxygens (including phenoxy) is 8. The Hall–Kier alpha value is -9.03. The van der Waals surface area contributed by atoms with Gasteiger partial charge in [0.1, 0.15) is 23.0 Å². The summed E-state index contributed by atoms with van der Waals surface area (Å²) in [5.74, 6) is -8.99. The molecule has 0 amide bonds. The molecule has 0 unspecified atom stereocenters. The topological polar surface area (TPSA) is 284 Å². The Morgan fingerprint density at radius 3 is 0.692 bits per heavy atom. The van der Waals surface area contributed by atoms with Crippen molar-refractivity contribution in [1.29, 1.82) is 0 Å². The SMILES string of the molecule is COC(=O)c1cc(OP2(Oc3cc(C(=O)OC)cc(C(=O)OC)c3)=NP(Oc3cc(C(=O)OC)cc(C(=O)OC)c3)(Oc3cc(C(=O)OC)cc(C(=O)OC)c3)=NP(c3ccccc3)(c3ccccc3)=N2)cc(C(=O)OC)c1. The van der Waals surface area contributed by atoms with Gasteiger partial charge in [-0.3, -0.25) is 0 Å². The molecule has 0 saturated carbocycles. The molecule has 78 heavy (non-hydrogen) atoms. The fourth-order valence-electron chi connectivity index (χ4n) is 7.38. The van der Waals surface area contributed by atoms with Crippen molar-refractivity contribution in [3.8, 4) is 23.0 Å². The van der Waals surface area contributed by atoms with Gasteiger partial charge in [0.05, 0.1) is 101 Å². The molecule has 0 fully saturated rings. The fourth-order valence-corrected chi connectivity index (χ4v) is 18.4. The van der Waals surface area contributed by atoms with Crippen LogP contribution in [0, 0.1) is 0 Å². The highest BCUT2D eigenvalue weighted by Gasteiger charge is 2.47. The predicted molar refractivity (Wildman–Crippen MR) is 279 cm³/mol. The second-order valence-electron chi connectivity index (χ2n) is 15.8. The minimum atomic E-state index is -5.03. The van der Waals surface area contributed by atoms with E-state index in [2.05, 4.69) is 0 Å². The summed E-state index contributed by atoms with van der Waals surface area (Å²) in [6, 6.07) is 30.8. The summed E-state index contributed by atoms with van der Waals surface area (Å²) in [4.78, 5) is 107. The van der Waals surface area contributed by atoms with E-state index < -0.39 is 70.3 Å². The molecule has 1 heterocycles. The van der Waals surface area contributed by atoms with E-state index in [9.17, 15) is 38.4 Å². The molecule has 0 aliphatic carbocycles. The molecule has 6 aromatic carbocycles. The van der Waals surface area contributed by atoms with Gasteiger partial charge in [-0.25, -0.2) is 38.4 Å². The first-order chi connectivity index (χ1) is 37.4. The van der Waals surface area contributed by atoms with Gasteiger partial charge in [-0.2, -0.15) is 9.03 Å². The highest BCUT2D eigenvalue weighted by Crippen LogP contribution is 2.78. The lowest BCUT2D eigenvalue weighted by Crippen LogP contribution is -2.19. The zero-order chi connectivity index (χ0) is 56.4. The van der Waals surface area contributed by atoms with Crippen molar-refractivity contribution in [3.63, 3.8) is 0 Å². The third-order valence-corrected chi connectivity index (χ3v) is 20.4. The molecule has 0 N–H and O–H groups in total. The number of hydrogen-bond donors (Lipinski definition) is 0. The average molecular weight is 1130 g/mol. The molecule has 23 nitrogen and oxygen atoms in total. The molecule has 0 atom stereocenters. The Morgan fingerprint density at radius 2 is 0.487 bits per heavy atom. The van der Waals surface area contributed by atoms with Crippen molar-refractivity contribution in [2.75, 3.05) is 56.9 Å². The minimum Gasteiger partial charge on any atom is -0.465 e. The van der Waals surface area contributed by atoms with Crippen molar-refractivity contribution in [1.82, 2.24) is 0 Å². The second kappa shape index (κ2) is 24.3. The Kier molecular flexibility index (Phi) is 17.7. The zero-order valence-corrected chi connectivity index (χ0v) is 45.2. The fraction of sp³-hybridized carbons (Fsp3) is 0.154. The highest BCUT2D eigenvalue weighted by atomic mass is 31.3. The van der Waals surface area contributed by atoms with Crippen molar-refractivity contribution < 1.29 is 94.3 Å². The zero-order valence-electron chi connectivity index (χ0n) is 42.5. The molecule has 0 aromatic heterocycles. The number of methoxy groups -OCH3 is 8. The number of carbonyl (C=O) groups excluding carboxylic acids is 8. The Labute approximate surface area is 445 Å². The van der Waals surface area contributed by atoms with Gasteiger partial charge >= 0.3 is 63.1 Å². The van der Waals surface area contributed by atoms with Crippen LogP contribution in [0.4, 0.5) is 0 Å². The number of nitrogens with zero attached hydrogens (tertiary/aromatic N) is 3. The quantitative estimate of drug-likeness (QED) is 0.0440. The van der Waals surface area contributed by atoms with E-state index in [-0.39, 0.29) is 67.5 Å². The van der Waals surface area contributed by atoms with Gasteiger partial charge in [0.15, 0.2) is 7.21 Å². The van der Waals surface area contributed by atoms with Gasteiger partial charge in [-0.15, -0.1) is 0 Å². The predicted octanol–water partition coefficient (Wildman–Crippen LogP) is 9.27. The average Bonchev–Trinajstić information content (AvgIpc) is 3.66. The van der Waals surface area contributed by atoms with Crippen LogP contribution in [0.25, 0.3) is 0 Å². The summed E-state index contributed by atoms with van der Waals surface area (Å²) >= 11 is 0. The van der Waals surface area contributed by atoms with E-state index in [1.807, 2.05) is 0 Å². The maximum Gasteiger partial charge on any atom is 0.455 e. The summed E-state index contributed by atoms with van der Waals surface area (Å²) in [7, 11) is -5.45. The first kappa shape index (κ1) is 56.7. The number of rotatable bonds is 18. The van der Waals surface area contributed by atoms with Crippen LogP contribution in [0.15, 0.2) is 147 Å². The van der Waals surface area contributed by atoms with E-state index in [0.717, 1.165) is 56.9 Å². The maximum absolute atomic E-state index is 13.4. The van der Waals surface area contributed by atoms with E-state index in [1.54, 1.807) is 60.7 Å². The molecule has 0 radical (unpaired) electrons. The van der Waals surface area contributed by atoms with E-state index in [4.69, 9.17) is 69.5 Å². The highest BCUT2D eigenvalue weighted by molar-refractivity contribution is 7.90. The summed E-state index contributed by atoms with van der Waals surface area (Å²) in [6.45, 7) is 0. The van der Waals surface area contributed by atoms with Gasteiger partial charge in [-0.1, -0.05) is 65.2 Å². The van der Waals surface area contributed by atoms with Crippen LogP contribution in [0.1, 0.15) is 82.9 Å². The summed E-state index contributed by atoms with van der Waals surface area (Å²) in [6.07, 6.45) is 0. The standard InChI is InChI=1S/C52H46N3O20P3/c1-64-45(56)31-19-32(46(57)65-2)24-39(23-31)72-77(73-40-25-33(47(58)66-3)20-34(26-40)48(59)67-4)53-76(43-15-11-9-12-16-43,44-17-13-10-14-18-44)54-78(55-77,74-41-27-35(49(60)68-5)21-36(28-41)50(61)69-6)75-42-29-37(51(62)70-7)22-38(30-42)52(63)71-8/h9-30H,1-8H3. The number of carbonyl (C=O) groups is 8. The third kappa shape index (κ3) is 12.5. The summed E-state index contributed by atoms with van der Waals surface area (Å²) in [5, 5.41) is 0.682. The molecule has 26 heteroatoms. The smallest absolute Gasteiger partial charge is 0.455 e. The van der Waals surface area contributed by atoms with Crippen molar-refractivity contribution in [3.05, 3.63) is 178 Å². The summed E-state index contributed by atoms with van der Waals surface area (Å²) < 4.78 is 84.1. The summed E-state index contributed by atoms with van der Waals surface area (Å²) in [5.41, 5.74) is -1.99. The van der Waals surface area contributed by atoms with Gasteiger partial charge in [0.25, 0.3) is 0 Å². The van der Waals surface area contributed by atoms with Gasteiger partial charge < -0.3 is 56.0 Å². The van der Waals surface area contributed by atoms with E-state index in [0.29, 0.717) is 10.6 Å². The third-order valence-electron chi connectivity index (χ3n) is 10.8. The van der Waals surface area contributed by atoms with Crippen LogP contribution in [-0.4, -0.2) is 105 Å². The Bertz CT molecular complexity index is 3050. The van der Waals surface area contributed by atoms with Gasteiger partial charge in [0, 0.05) is 10.6 Å². The molecule has 6 aromatic rings. The van der Waals surface area contributed by atoms with Crippen molar-refractivity contribution in [2.45, 2.75) is 0 Å². The lowest BCUT2D eigenvalue weighted by Gasteiger charge is -2.35. The van der Waals surface area contributed by atoms with E-state index >= 15 is 0 Å². The largest absolute Gasteiger partial charge is 0.465 e. The van der Waals surface area contributed by atoms with Crippen LogP contribution in [-0.2, 0) is 37.9 Å². The Morgan fingerprint density at radius 1 is 0.282 bits per heavy atom. The van der Waals surface area contributed by atoms with Crippen LogP contribution in [0.2, 0.25) is 0 Å². The van der Waals surface area contributed by atoms with Crippen molar-refractivity contribution in [2.24, 2.45) is 13.5 Å². The molecule has 0 spiro atoms. The molecule has 404 valence electrons. The molecule has 0 bridgehead atoms. The second-order valence-corrected chi connectivity index (χ2v) is 22.9. The van der Waals surface area contributed by atoms with Crippen molar-refractivity contribution >= 4 is 80.9 Å². The molecule has 0 saturated heterocycles. The van der Waals surface area contributed by atoms with Gasteiger partial charge in [0.2, 0.25) is 0 Å². The van der Waals surface area contributed by atoms with Crippen LogP contribution >= 0.6 is 22.5 Å². The maximum atomic E-state index is 13.4. The number of hydrogen-bond acceptors (Lipinski definition) is 23. The lowest BCUT2D eigenvalue weighted by atomic mass is 10.1. The minimum absolute atomic E-state index is 0.249. The van der Waals surface area contributed by atoms with Crippen LogP contribution in [0.3, 0.4) is 0 Å². The van der Waals surface area contributed by atoms with Crippen LogP contribution in [0.5, 0.6) is 23.0 Å². The molecular weight excluding hydrogens is 1080 g/mol. The monoisotopic (exact) mass is 1130 g/mol. The Balaban J connectivity index is 1.77. The molecule has 1 aliphatic heterocycles.